The maximum atomic E-state index is 7.13. The van der Waals surface area contributed by atoms with E-state index >= 15 is 0 Å². The van der Waals surface area contributed by atoms with Gasteiger partial charge in [-0.3, -0.25) is 0 Å². The summed E-state index contributed by atoms with van der Waals surface area (Å²) in [4.78, 5) is 0. The molecule has 0 fully saturated rings. The third kappa shape index (κ3) is 6.52. The molecule has 0 atom stereocenters. The predicted molar refractivity (Wildman–Crippen MR) is 249 cm³/mol. The summed E-state index contributed by atoms with van der Waals surface area (Å²) in [5.74, 6) is 1.35. The number of hydrogen-bond donors (Lipinski definition) is 0. The van der Waals surface area contributed by atoms with Gasteiger partial charge in [0.2, 0.25) is 0 Å². The summed E-state index contributed by atoms with van der Waals surface area (Å²) in [5.41, 5.74) is 10.2. The summed E-state index contributed by atoms with van der Waals surface area (Å²) < 4.78 is 14.2. The standard InChI is InChI=1S/C58H52O2/c1-55(2,3)51-39-47(57(41-25-13-7-14-26-41,42-27-15-8-16-28-42)43-29-17-9-18-30-43)37-49-50-38-48(40-52(56(4,5)6)59-54(50)60-53(49)51)58(44-31-19-10-20-32-44,45-33-21-11-22-34-45)46-35-23-12-24-36-46/h7-40H,1-6H3. The topological polar surface area (TPSA) is 22.4 Å². The number of fused-ring (bicyclic) bond motifs is 3. The van der Waals surface area contributed by atoms with Crippen LogP contribution in [0.1, 0.15) is 91.6 Å². The fourth-order valence-corrected chi connectivity index (χ4v) is 9.37. The van der Waals surface area contributed by atoms with Crippen LogP contribution in [0, 0.1) is 5.41 Å². The summed E-state index contributed by atoms with van der Waals surface area (Å²) in [5, 5.41) is 1.02. The first-order valence-electron chi connectivity index (χ1n) is 21.1. The van der Waals surface area contributed by atoms with Crippen molar-refractivity contribution in [1.82, 2.24) is 0 Å². The average Bonchev–Trinajstić information content (AvgIpc) is 3.48. The fourth-order valence-electron chi connectivity index (χ4n) is 9.37. The second-order valence-corrected chi connectivity index (χ2v) is 18.1. The minimum atomic E-state index is -0.707. The van der Waals surface area contributed by atoms with Crippen molar-refractivity contribution in [2.24, 2.45) is 5.41 Å². The Bertz CT molecular complexity index is 2610. The van der Waals surface area contributed by atoms with Crippen molar-refractivity contribution >= 4 is 17.0 Å². The molecule has 60 heavy (non-hydrogen) atoms. The van der Waals surface area contributed by atoms with Crippen molar-refractivity contribution in [3.8, 4) is 5.95 Å². The third-order valence-corrected chi connectivity index (χ3v) is 12.2. The smallest absolute Gasteiger partial charge is 0.298 e. The summed E-state index contributed by atoms with van der Waals surface area (Å²) in [6.07, 6.45) is 4.64. The molecule has 0 aliphatic carbocycles. The SMILES string of the molecule is CC(C)(C)C1=CC(C(c2ccccc2)(c2ccccc2)c2ccccc2)=Cc2c(oc3c(C(C)(C)C)cc(C(c4ccccc4)(c4ccccc4)c4ccccc4)cc23)O1. The Morgan fingerprint density at radius 1 is 0.367 bits per heavy atom. The van der Waals surface area contributed by atoms with Gasteiger partial charge in [0.1, 0.15) is 11.3 Å². The lowest BCUT2D eigenvalue weighted by Crippen LogP contribution is -2.32. The summed E-state index contributed by atoms with van der Waals surface area (Å²) in [6, 6.07) is 70.4. The maximum Gasteiger partial charge on any atom is 0.298 e. The molecule has 7 aromatic carbocycles. The van der Waals surface area contributed by atoms with Crippen LogP contribution in [0.25, 0.3) is 17.0 Å². The molecule has 0 saturated carbocycles. The first-order valence-corrected chi connectivity index (χ1v) is 21.1. The van der Waals surface area contributed by atoms with Crippen LogP contribution in [-0.4, -0.2) is 0 Å². The molecule has 0 amide bonds. The van der Waals surface area contributed by atoms with Crippen molar-refractivity contribution in [3.05, 3.63) is 262 Å². The Kier molecular flexibility index (Phi) is 9.84. The number of ether oxygens (including phenoxy) is 1. The molecule has 2 nitrogen and oxygen atoms in total. The van der Waals surface area contributed by atoms with Gasteiger partial charge >= 0.3 is 0 Å². The van der Waals surface area contributed by atoms with Gasteiger partial charge in [0.05, 0.1) is 16.4 Å². The molecule has 2 heteroatoms. The summed E-state index contributed by atoms with van der Waals surface area (Å²) in [6.45, 7) is 13.5. The van der Waals surface area contributed by atoms with E-state index in [1.54, 1.807) is 0 Å². The minimum Gasteiger partial charge on any atom is -0.429 e. The lowest BCUT2D eigenvalue weighted by molar-refractivity contribution is 0.246. The monoisotopic (exact) mass is 780 g/mol. The van der Waals surface area contributed by atoms with E-state index in [2.05, 4.69) is 248 Å². The molecule has 0 unspecified atom stereocenters. The molecular formula is C58H52O2. The molecule has 0 N–H and O–H groups in total. The van der Waals surface area contributed by atoms with Crippen molar-refractivity contribution in [3.63, 3.8) is 0 Å². The Hall–Kier alpha value is -6.64. The van der Waals surface area contributed by atoms with Crippen LogP contribution in [0.3, 0.4) is 0 Å². The zero-order chi connectivity index (χ0) is 41.5. The highest BCUT2D eigenvalue weighted by atomic mass is 16.6. The molecule has 9 rings (SSSR count). The lowest BCUT2D eigenvalue weighted by Gasteiger charge is -2.38. The van der Waals surface area contributed by atoms with Crippen LogP contribution in [0.2, 0.25) is 0 Å². The number of furan rings is 1. The molecule has 0 bridgehead atoms. The van der Waals surface area contributed by atoms with E-state index in [-0.39, 0.29) is 10.8 Å². The van der Waals surface area contributed by atoms with E-state index in [1.165, 1.54) is 33.4 Å². The van der Waals surface area contributed by atoms with Crippen LogP contribution < -0.4 is 4.74 Å². The Morgan fingerprint density at radius 2 is 0.733 bits per heavy atom. The molecule has 1 aliphatic rings. The van der Waals surface area contributed by atoms with E-state index < -0.39 is 10.8 Å². The van der Waals surface area contributed by atoms with Gasteiger partial charge in [-0.15, -0.1) is 0 Å². The van der Waals surface area contributed by atoms with Gasteiger partial charge in [0.25, 0.3) is 5.95 Å². The predicted octanol–water partition coefficient (Wildman–Crippen LogP) is 14.9. The Balaban J connectivity index is 1.45. The van der Waals surface area contributed by atoms with Crippen LogP contribution >= 0.6 is 0 Å². The van der Waals surface area contributed by atoms with Crippen LogP contribution in [0.4, 0.5) is 0 Å². The van der Waals surface area contributed by atoms with Gasteiger partial charge in [0.15, 0.2) is 0 Å². The zero-order valence-corrected chi connectivity index (χ0v) is 35.4. The number of benzene rings is 7. The molecule has 0 spiro atoms. The quantitative estimate of drug-likeness (QED) is 0.143. The van der Waals surface area contributed by atoms with Crippen LogP contribution in [0.15, 0.2) is 216 Å². The maximum absolute atomic E-state index is 7.13. The van der Waals surface area contributed by atoms with Gasteiger partial charge in [-0.2, -0.15) is 0 Å². The van der Waals surface area contributed by atoms with E-state index in [4.69, 9.17) is 9.15 Å². The normalized spacial score (nSPS) is 13.5. The van der Waals surface area contributed by atoms with E-state index in [0.717, 1.165) is 39.0 Å². The van der Waals surface area contributed by atoms with Crippen LogP contribution in [-0.2, 0) is 16.2 Å². The lowest BCUT2D eigenvalue weighted by atomic mass is 9.63. The molecule has 8 aromatic rings. The largest absolute Gasteiger partial charge is 0.429 e. The van der Waals surface area contributed by atoms with E-state index in [9.17, 15) is 0 Å². The Labute approximate surface area is 355 Å². The molecule has 1 aromatic heterocycles. The highest BCUT2D eigenvalue weighted by Gasteiger charge is 2.43. The van der Waals surface area contributed by atoms with E-state index in [1.807, 2.05) is 0 Å². The number of allylic oxidation sites excluding steroid dienone is 3. The third-order valence-electron chi connectivity index (χ3n) is 12.2. The van der Waals surface area contributed by atoms with E-state index in [0.29, 0.717) is 5.95 Å². The molecule has 2 heterocycles. The molecule has 296 valence electrons. The number of rotatable bonds is 8. The van der Waals surface area contributed by atoms with Crippen molar-refractivity contribution < 1.29 is 9.15 Å². The Morgan fingerprint density at radius 3 is 1.08 bits per heavy atom. The van der Waals surface area contributed by atoms with Crippen molar-refractivity contribution in [2.45, 2.75) is 57.8 Å². The molecule has 0 radical (unpaired) electrons. The fraction of sp³-hybridized carbons (Fsp3) is 0.172. The highest BCUT2D eigenvalue weighted by Crippen LogP contribution is 2.53. The molecular weight excluding hydrogens is 729 g/mol. The first kappa shape index (κ1) is 38.9. The van der Waals surface area contributed by atoms with Gasteiger partial charge < -0.3 is 9.15 Å². The second kappa shape index (κ2) is 15.2. The van der Waals surface area contributed by atoms with Crippen LogP contribution in [0.5, 0.6) is 5.95 Å². The van der Waals surface area contributed by atoms with Gasteiger partial charge in [-0.25, -0.2) is 0 Å². The van der Waals surface area contributed by atoms with Crippen molar-refractivity contribution in [1.29, 1.82) is 0 Å². The average molecular weight is 781 g/mol. The summed E-state index contributed by atoms with van der Waals surface area (Å²) in [7, 11) is 0. The minimum absolute atomic E-state index is 0.280. The van der Waals surface area contributed by atoms with Gasteiger partial charge in [0, 0.05) is 16.4 Å². The first-order chi connectivity index (χ1) is 29.0. The van der Waals surface area contributed by atoms with Gasteiger partial charge in [-0.05, 0) is 74.2 Å². The number of hydrogen-bond acceptors (Lipinski definition) is 2. The molecule has 1 aliphatic heterocycles. The second-order valence-electron chi connectivity index (χ2n) is 18.1. The van der Waals surface area contributed by atoms with Gasteiger partial charge in [-0.1, -0.05) is 224 Å². The highest BCUT2D eigenvalue weighted by molar-refractivity contribution is 5.95. The molecule has 0 saturated heterocycles. The summed E-state index contributed by atoms with van der Waals surface area (Å²) >= 11 is 0. The zero-order valence-electron chi connectivity index (χ0n) is 35.4. The van der Waals surface area contributed by atoms with Crippen molar-refractivity contribution in [2.75, 3.05) is 0 Å².